The number of esters is 1. The molecule has 0 aliphatic carbocycles. The van der Waals surface area contributed by atoms with Crippen LogP contribution in [-0.4, -0.2) is 35.7 Å². The lowest BCUT2D eigenvalue weighted by Crippen LogP contribution is -2.25. The quantitative estimate of drug-likeness (QED) is 0.299. The van der Waals surface area contributed by atoms with Crippen molar-refractivity contribution in [2.24, 2.45) is 5.10 Å². The number of carbonyl (C=O) groups is 2. The van der Waals surface area contributed by atoms with Gasteiger partial charge >= 0.3 is 5.97 Å². The average Bonchev–Trinajstić information content (AvgIpc) is 2.74. The topological polar surface area (TPSA) is 120 Å². The summed E-state index contributed by atoms with van der Waals surface area (Å²) in [5.41, 5.74) is 3.86. The molecule has 0 atom stereocenters. The lowest BCUT2D eigenvalue weighted by molar-refractivity contribution is -0.384. The van der Waals surface area contributed by atoms with Gasteiger partial charge in [0, 0.05) is 12.1 Å². The van der Waals surface area contributed by atoms with E-state index in [9.17, 15) is 19.7 Å². The Morgan fingerprint density at radius 2 is 1.69 bits per heavy atom. The molecule has 1 amide bonds. The highest BCUT2D eigenvalue weighted by Gasteiger charge is 2.08. The van der Waals surface area contributed by atoms with Gasteiger partial charge in [-0.1, -0.05) is 6.92 Å². The summed E-state index contributed by atoms with van der Waals surface area (Å²) in [6.45, 7) is 3.67. The van der Waals surface area contributed by atoms with Crippen LogP contribution in [0.5, 0.6) is 5.75 Å². The van der Waals surface area contributed by atoms with E-state index in [2.05, 4.69) is 10.5 Å². The van der Waals surface area contributed by atoms with Crippen molar-refractivity contribution < 1.29 is 24.0 Å². The predicted molar refractivity (Wildman–Crippen MR) is 106 cm³/mol. The van der Waals surface area contributed by atoms with Crippen molar-refractivity contribution in [1.29, 1.82) is 0 Å². The first-order valence-corrected chi connectivity index (χ1v) is 8.88. The summed E-state index contributed by atoms with van der Waals surface area (Å²) >= 11 is 0. The molecule has 0 heterocycles. The maximum Gasteiger partial charge on any atom is 0.338 e. The zero-order valence-electron chi connectivity index (χ0n) is 16.1. The molecule has 0 spiro atoms. The number of hydrogen-bond donors (Lipinski definition) is 1. The number of nitrogens with zero attached hydrogens (tertiary/aromatic N) is 2. The van der Waals surface area contributed by atoms with Crippen LogP contribution in [0.3, 0.4) is 0 Å². The van der Waals surface area contributed by atoms with Gasteiger partial charge in [0.15, 0.2) is 6.61 Å². The molecule has 1 N–H and O–H groups in total. The normalized spacial score (nSPS) is 10.9. The molecule has 0 aliphatic heterocycles. The minimum atomic E-state index is -0.490. The number of amides is 1. The molecule has 9 heteroatoms. The van der Waals surface area contributed by atoms with Crippen molar-refractivity contribution in [3.8, 4) is 5.75 Å². The fourth-order valence-electron chi connectivity index (χ4n) is 2.18. The van der Waals surface area contributed by atoms with Gasteiger partial charge in [-0.15, -0.1) is 0 Å². The molecule has 29 heavy (non-hydrogen) atoms. The highest BCUT2D eigenvalue weighted by atomic mass is 16.6. The Labute approximate surface area is 167 Å². The molecule has 0 bridgehead atoms. The molecule has 2 rings (SSSR count). The van der Waals surface area contributed by atoms with Crippen molar-refractivity contribution in [1.82, 2.24) is 5.43 Å². The third-order valence-corrected chi connectivity index (χ3v) is 3.74. The SMILES string of the molecule is CCCOC(=O)c1ccc(OCC(=O)N/N=C(\C)c2ccc([N+](=O)[O-])cc2)cc1. The average molecular weight is 399 g/mol. The zero-order chi connectivity index (χ0) is 21.2. The Kier molecular flexibility index (Phi) is 7.84. The minimum Gasteiger partial charge on any atom is -0.484 e. The van der Waals surface area contributed by atoms with Gasteiger partial charge in [0.1, 0.15) is 5.75 Å². The Balaban J connectivity index is 1.83. The first kappa shape index (κ1) is 21.5. The third kappa shape index (κ3) is 6.73. The molecule has 9 nitrogen and oxygen atoms in total. The van der Waals surface area contributed by atoms with Crippen LogP contribution in [0.4, 0.5) is 5.69 Å². The fraction of sp³-hybridized carbons (Fsp3) is 0.250. The number of hydrogen-bond acceptors (Lipinski definition) is 7. The van der Waals surface area contributed by atoms with Gasteiger partial charge in [-0.2, -0.15) is 5.10 Å². The molecule has 152 valence electrons. The lowest BCUT2D eigenvalue weighted by atomic mass is 10.1. The summed E-state index contributed by atoms with van der Waals surface area (Å²) < 4.78 is 10.4. The standard InChI is InChI=1S/C20H21N3O6/c1-3-12-28-20(25)16-6-10-18(11-7-16)29-13-19(24)22-21-14(2)15-4-8-17(9-5-15)23(26)27/h4-11H,3,12-13H2,1-2H3,(H,22,24)/b21-14+. The van der Waals surface area contributed by atoms with Crippen molar-refractivity contribution in [3.63, 3.8) is 0 Å². The maximum absolute atomic E-state index is 11.9. The molecule has 0 fully saturated rings. The molecule has 0 saturated carbocycles. The smallest absolute Gasteiger partial charge is 0.338 e. The summed E-state index contributed by atoms with van der Waals surface area (Å²) in [6, 6.07) is 12.1. The number of nitro groups is 1. The van der Waals surface area contributed by atoms with Crippen LogP contribution in [0.2, 0.25) is 0 Å². The number of carbonyl (C=O) groups excluding carboxylic acids is 2. The summed E-state index contributed by atoms with van der Waals surface area (Å²) in [6.07, 6.45) is 0.744. The number of rotatable bonds is 9. The molecule has 2 aromatic rings. The van der Waals surface area contributed by atoms with Gasteiger partial charge in [0.2, 0.25) is 0 Å². The minimum absolute atomic E-state index is 0.0244. The van der Waals surface area contributed by atoms with E-state index >= 15 is 0 Å². The monoisotopic (exact) mass is 399 g/mol. The summed E-state index contributed by atoms with van der Waals surface area (Å²) in [5.74, 6) is -0.465. The van der Waals surface area contributed by atoms with Crippen LogP contribution in [0.15, 0.2) is 53.6 Å². The van der Waals surface area contributed by atoms with Gasteiger partial charge < -0.3 is 9.47 Å². The van der Waals surface area contributed by atoms with Crippen LogP contribution in [0.25, 0.3) is 0 Å². The molecule has 2 aromatic carbocycles. The molecular formula is C20H21N3O6. The first-order chi connectivity index (χ1) is 13.9. The fourth-order valence-corrected chi connectivity index (χ4v) is 2.18. The Morgan fingerprint density at radius 3 is 2.28 bits per heavy atom. The molecule has 0 aliphatic rings. The van der Waals surface area contributed by atoms with Crippen molar-refractivity contribution in [3.05, 3.63) is 69.8 Å². The number of ether oxygens (including phenoxy) is 2. The molecule has 0 saturated heterocycles. The van der Waals surface area contributed by atoms with Crippen molar-refractivity contribution >= 4 is 23.3 Å². The van der Waals surface area contributed by atoms with Crippen molar-refractivity contribution in [2.45, 2.75) is 20.3 Å². The number of nitrogens with one attached hydrogen (secondary N) is 1. The van der Waals surface area contributed by atoms with E-state index in [0.717, 1.165) is 6.42 Å². The van der Waals surface area contributed by atoms with Crippen LogP contribution in [0, 0.1) is 10.1 Å². The second kappa shape index (κ2) is 10.5. The number of nitro benzene ring substituents is 1. The van der Waals surface area contributed by atoms with Crippen LogP contribution in [0.1, 0.15) is 36.2 Å². The van der Waals surface area contributed by atoms with E-state index in [1.807, 2.05) is 6.92 Å². The van der Waals surface area contributed by atoms with Gasteiger partial charge in [0.05, 0.1) is 22.8 Å². The van der Waals surface area contributed by atoms with Crippen LogP contribution in [-0.2, 0) is 9.53 Å². The third-order valence-electron chi connectivity index (χ3n) is 3.74. The van der Waals surface area contributed by atoms with E-state index in [0.29, 0.717) is 29.2 Å². The van der Waals surface area contributed by atoms with E-state index in [1.54, 1.807) is 43.3 Å². The van der Waals surface area contributed by atoms with Gasteiger partial charge in [-0.3, -0.25) is 14.9 Å². The molecule has 0 aromatic heterocycles. The van der Waals surface area contributed by atoms with E-state index in [1.165, 1.54) is 12.1 Å². The van der Waals surface area contributed by atoms with Crippen LogP contribution >= 0.6 is 0 Å². The lowest BCUT2D eigenvalue weighted by Gasteiger charge is -2.07. The van der Waals surface area contributed by atoms with E-state index in [-0.39, 0.29) is 12.3 Å². The molecular weight excluding hydrogens is 378 g/mol. The predicted octanol–water partition coefficient (Wildman–Crippen LogP) is 3.08. The Morgan fingerprint density at radius 1 is 1.07 bits per heavy atom. The second-order valence-electron chi connectivity index (χ2n) is 5.99. The van der Waals surface area contributed by atoms with Gasteiger partial charge in [0.25, 0.3) is 11.6 Å². The molecule has 0 radical (unpaired) electrons. The zero-order valence-corrected chi connectivity index (χ0v) is 16.1. The van der Waals surface area contributed by atoms with Gasteiger partial charge in [-0.25, -0.2) is 10.2 Å². The van der Waals surface area contributed by atoms with Crippen molar-refractivity contribution in [2.75, 3.05) is 13.2 Å². The van der Waals surface area contributed by atoms with E-state index < -0.39 is 16.8 Å². The first-order valence-electron chi connectivity index (χ1n) is 8.88. The summed E-state index contributed by atoms with van der Waals surface area (Å²) in [5, 5.41) is 14.6. The van der Waals surface area contributed by atoms with E-state index in [4.69, 9.17) is 9.47 Å². The maximum atomic E-state index is 11.9. The Hall–Kier alpha value is -3.75. The number of benzene rings is 2. The second-order valence-corrected chi connectivity index (χ2v) is 5.99. The number of non-ortho nitro benzene ring substituents is 1. The molecule has 0 unspecified atom stereocenters. The number of hydrazone groups is 1. The van der Waals surface area contributed by atoms with Gasteiger partial charge in [-0.05, 0) is 55.3 Å². The van der Waals surface area contributed by atoms with Crippen LogP contribution < -0.4 is 10.2 Å². The summed E-state index contributed by atoms with van der Waals surface area (Å²) in [7, 11) is 0. The highest BCUT2D eigenvalue weighted by molar-refractivity contribution is 5.99. The Bertz CT molecular complexity index is 891. The highest BCUT2D eigenvalue weighted by Crippen LogP contribution is 2.14. The summed E-state index contributed by atoms with van der Waals surface area (Å²) in [4.78, 5) is 33.8. The largest absolute Gasteiger partial charge is 0.484 e.